The van der Waals surface area contributed by atoms with E-state index in [-0.39, 0.29) is 36.8 Å². The van der Waals surface area contributed by atoms with Gasteiger partial charge in [-0.25, -0.2) is 4.98 Å². The number of carbonyl (C=O) groups excluding carboxylic acids is 2. The molecule has 3 aromatic rings. The molecule has 0 unspecified atom stereocenters. The van der Waals surface area contributed by atoms with Crippen LogP contribution in [-0.4, -0.2) is 27.9 Å². The Balaban J connectivity index is 1.49. The molecule has 0 saturated carbocycles. The van der Waals surface area contributed by atoms with E-state index in [0.717, 1.165) is 16.8 Å². The summed E-state index contributed by atoms with van der Waals surface area (Å²) >= 11 is 0. The average molecular weight is 407 g/mol. The van der Waals surface area contributed by atoms with Gasteiger partial charge in [-0.2, -0.15) is 0 Å². The van der Waals surface area contributed by atoms with Gasteiger partial charge in [-0.05, 0) is 37.6 Å². The number of aryl methyl sites for hydroxylation is 3. The van der Waals surface area contributed by atoms with Crippen molar-refractivity contribution in [2.75, 3.05) is 11.9 Å². The molecule has 0 aliphatic rings. The van der Waals surface area contributed by atoms with E-state index in [1.807, 2.05) is 38.1 Å². The van der Waals surface area contributed by atoms with Crippen molar-refractivity contribution in [2.24, 2.45) is 7.05 Å². The van der Waals surface area contributed by atoms with Gasteiger partial charge in [0, 0.05) is 25.6 Å². The van der Waals surface area contributed by atoms with E-state index >= 15 is 0 Å². The molecule has 8 heteroatoms. The van der Waals surface area contributed by atoms with E-state index in [1.165, 1.54) is 4.57 Å². The number of hydrogen-bond acceptors (Lipinski definition) is 5. The molecule has 0 bridgehead atoms. The molecule has 0 radical (unpaired) electrons. The highest BCUT2D eigenvalue weighted by Crippen LogP contribution is 2.15. The van der Waals surface area contributed by atoms with Crippen LogP contribution < -0.4 is 21.7 Å². The third-order valence-electron chi connectivity index (χ3n) is 4.81. The summed E-state index contributed by atoms with van der Waals surface area (Å²) in [7, 11) is 1.63. The second-order valence-electron chi connectivity index (χ2n) is 7.18. The molecule has 0 aliphatic carbocycles. The Hall–Kier alpha value is -3.68. The van der Waals surface area contributed by atoms with Crippen LogP contribution in [0.4, 0.5) is 5.69 Å². The lowest BCUT2D eigenvalue weighted by Crippen LogP contribution is -2.44. The first-order chi connectivity index (χ1) is 14.3. The maximum Gasteiger partial charge on any atom is 0.261 e. The van der Waals surface area contributed by atoms with Gasteiger partial charge in [0.05, 0.1) is 17.4 Å². The maximum absolute atomic E-state index is 12.4. The Morgan fingerprint density at radius 1 is 1.03 bits per heavy atom. The number of anilines is 1. The zero-order chi connectivity index (χ0) is 21.7. The van der Waals surface area contributed by atoms with Crippen molar-refractivity contribution in [1.29, 1.82) is 0 Å². The molecule has 0 saturated heterocycles. The fourth-order valence-corrected chi connectivity index (χ4v) is 3.15. The molecule has 1 aromatic heterocycles. The van der Waals surface area contributed by atoms with Crippen molar-refractivity contribution in [1.82, 2.24) is 20.4 Å². The molecule has 2 amide bonds. The van der Waals surface area contributed by atoms with Crippen LogP contribution in [0, 0.1) is 13.8 Å². The fraction of sp³-hybridized carbons (Fsp3) is 0.273. The first-order valence-corrected chi connectivity index (χ1v) is 9.68. The molecule has 156 valence electrons. The Bertz CT molecular complexity index is 1150. The van der Waals surface area contributed by atoms with E-state index < -0.39 is 0 Å². The van der Waals surface area contributed by atoms with Crippen molar-refractivity contribution < 1.29 is 9.59 Å². The highest BCUT2D eigenvalue weighted by atomic mass is 16.2. The smallest absolute Gasteiger partial charge is 0.261 e. The van der Waals surface area contributed by atoms with E-state index in [9.17, 15) is 14.4 Å². The van der Waals surface area contributed by atoms with E-state index in [1.54, 1.807) is 25.2 Å². The van der Waals surface area contributed by atoms with Crippen LogP contribution in [0.5, 0.6) is 0 Å². The van der Waals surface area contributed by atoms with Crippen LogP contribution in [0.15, 0.2) is 47.3 Å². The molecule has 3 N–H and O–H groups in total. The lowest BCUT2D eigenvalue weighted by molar-refractivity contribution is -0.128. The predicted octanol–water partition coefficient (Wildman–Crippen LogP) is 1.74. The normalized spacial score (nSPS) is 10.6. The van der Waals surface area contributed by atoms with Gasteiger partial charge in [0.15, 0.2) is 0 Å². The van der Waals surface area contributed by atoms with Gasteiger partial charge in [0.1, 0.15) is 5.82 Å². The van der Waals surface area contributed by atoms with Crippen molar-refractivity contribution >= 4 is 28.4 Å². The van der Waals surface area contributed by atoms with Crippen LogP contribution in [0.25, 0.3) is 10.9 Å². The number of fused-ring (bicyclic) bond motifs is 1. The molecular formula is C22H25N5O3. The fourth-order valence-electron chi connectivity index (χ4n) is 3.15. The number of rotatable bonds is 6. The number of para-hydroxylation sites is 1. The highest BCUT2D eigenvalue weighted by molar-refractivity contribution is 5.84. The Kier molecular flexibility index (Phi) is 6.46. The number of nitrogens with zero attached hydrogens (tertiary/aromatic N) is 2. The first kappa shape index (κ1) is 21.0. The van der Waals surface area contributed by atoms with Crippen LogP contribution >= 0.6 is 0 Å². The van der Waals surface area contributed by atoms with E-state index in [0.29, 0.717) is 16.7 Å². The van der Waals surface area contributed by atoms with Gasteiger partial charge >= 0.3 is 0 Å². The number of amides is 2. The number of benzene rings is 2. The molecule has 0 fully saturated rings. The maximum atomic E-state index is 12.4. The monoisotopic (exact) mass is 407 g/mol. The van der Waals surface area contributed by atoms with Gasteiger partial charge < -0.3 is 5.32 Å². The van der Waals surface area contributed by atoms with Gasteiger partial charge in [-0.1, -0.05) is 29.8 Å². The molecule has 0 atom stereocenters. The number of nitrogens with one attached hydrogen (secondary N) is 3. The third kappa shape index (κ3) is 5.02. The zero-order valence-electron chi connectivity index (χ0n) is 17.3. The minimum Gasteiger partial charge on any atom is -0.376 e. The summed E-state index contributed by atoms with van der Waals surface area (Å²) in [6, 6.07) is 13.0. The summed E-state index contributed by atoms with van der Waals surface area (Å²) in [5, 5.41) is 3.58. The number of hydrogen-bond donors (Lipinski definition) is 3. The molecule has 0 aliphatic heterocycles. The van der Waals surface area contributed by atoms with Crippen LogP contribution in [-0.2, 0) is 23.1 Å². The van der Waals surface area contributed by atoms with Crippen molar-refractivity contribution in [3.8, 4) is 0 Å². The van der Waals surface area contributed by atoms with Crippen molar-refractivity contribution in [2.45, 2.75) is 26.7 Å². The second-order valence-corrected chi connectivity index (χ2v) is 7.18. The topological polar surface area (TPSA) is 105 Å². The predicted molar refractivity (Wildman–Crippen MR) is 116 cm³/mol. The summed E-state index contributed by atoms with van der Waals surface area (Å²) in [6.45, 7) is 4.00. The molecule has 1 heterocycles. The van der Waals surface area contributed by atoms with Crippen LogP contribution in [0.2, 0.25) is 0 Å². The summed E-state index contributed by atoms with van der Waals surface area (Å²) < 4.78 is 1.45. The molecule has 2 aromatic carbocycles. The standard InChI is InChI=1S/C22H25N5O3/c1-14-8-9-17(15(2)12-14)23-13-21(29)26-25-20(28)11-10-19-24-18-7-5-4-6-16(18)22(30)27(19)3/h4-9,12,23H,10-11,13H2,1-3H3,(H,25,28)(H,26,29). The molecule has 8 nitrogen and oxygen atoms in total. The molecule has 3 rings (SSSR count). The average Bonchev–Trinajstić information content (AvgIpc) is 2.73. The molecule has 0 spiro atoms. The lowest BCUT2D eigenvalue weighted by Gasteiger charge is -2.12. The van der Waals surface area contributed by atoms with Crippen LogP contribution in [0.1, 0.15) is 23.4 Å². The number of hydrazine groups is 1. The Labute approximate surface area is 174 Å². The summed E-state index contributed by atoms with van der Waals surface area (Å²) in [5.41, 5.74) is 8.28. The van der Waals surface area contributed by atoms with Gasteiger partial charge in [-0.3, -0.25) is 29.8 Å². The van der Waals surface area contributed by atoms with Gasteiger partial charge in [-0.15, -0.1) is 0 Å². The van der Waals surface area contributed by atoms with E-state index in [4.69, 9.17) is 0 Å². The number of aromatic nitrogens is 2. The van der Waals surface area contributed by atoms with Crippen molar-refractivity contribution in [3.05, 3.63) is 69.8 Å². The van der Waals surface area contributed by atoms with E-state index in [2.05, 4.69) is 21.2 Å². The second kappa shape index (κ2) is 9.21. The van der Waals surface area contributed by atoms with Crippen molar-refractivity contribution in [3.63, 3.8) is 0 Å². The summed E-state index contributed by atoms with van der Waals surface area (Å²) in [6.07, 6.45) is 0.364. The van der Waals surface area contributed by atoms with Gasteiger partial charge in [0.2, 0.25) is 5.91 Å². The SMILES string of the molecule is Cc1ccc(NCC(=O)NNC(=O)CCc2nc3ccccc3c(=O)n2C)c(C)c1. The van der Waals surface area contributed by atoms with Gasteiger partial charge in [0.25, 0.3) is 11.5 Å². The molecular weight excluding hydrogens is 382 g/mol. The molecule has 30 heavy (non-hydrogen) atoms. The lowest BCUT2D eigenvalue weighted by atomic mass is 10.1. The summed E-state index contributed by atoms with van der Waals surface area (Å²) in [5.74, 6) is -0.214. The van der Waals surface area contributed by atoms with Crippen LogP contribution in [0.3, 0.4) is 0 Å². The quantitative estimate of drug-likeness (QED) is 0.540. The highest BCUT2D eigenvalue weighted by Gasteiger charge is 2.11. The zero-order valence-corrected chi connectivity index (χ0v) is 17.3. The third-order valence-corrected chi connectivity index (χ3v) is 4.81. The summed E-state index contributed by atoms with van der Waals surface area (Å²) in [4.78, 5) is 40.9. The Morgan fingerprint density at radius 2 is 1.77 bits per heavy atom. The Morgan fingerprint density at radius 3 is 2.53 bits per heavy atom. The largest absolute Gasteiger partial charge is 0.376 e. The minimum absolute atomic E-state index is 0.0327. The minimum atomic E-state index is -0.364. The first-order valence-electron chi connectivity index (χ1n) is 9.68. The number of carbonyl (C=O) groups is 2.